The summed E-state index contributed by atoms with van der Waals surface area (Å²) in [4.78, 5) is 4.18. The lowest BCUT2D eigenvalue weighted by atomic mass is 10.3. The zero-order valence-corrected chi connectivity index (χ0v) is 8.33. The second kappa shape index (κ2) is 7.55. The van der Waals surface area contributed by atoms with Crippen LogP contribution in [0.1, 0.15) is 26.7 Å². The van der Waals surface area contributed by atoms with Gasteiger partial charge in [0.25, 0.3) is 0 Å². The van der Waals surface area contributed by atoms with E-state index in [9.17, 15) is 0 Å². The molecule has 0 aromatic carbocycles. The van der Waals surface area contributed by atoms with E-state index in [0.717, 1.165) is 5.70 Å². The van der Waals surface area contributed by atoms with Crippen molar-refractivity contribution in [3.8, 4) is 0 Å². The zero-order chi connectivity index (χ0) is 10.1. The molecule has 13 heavy (non-hydrogen) atoms. The molecule has 3 nitrogen and oxygen atoms in total. The van der Waals surface area contributed by atoms with E-state index >= 15 is 0 Å². The molecule has 0 amide bonds. The van der Waals surface area contributed by atoms with E-state index in [1.54, 1.807) is 0 Å². The van der Waals surface area contributed by atoms with Gasteiger partial charge in [0.05, 0.1) is 11.5 Å². The van der Waals surface area contributed by atoms with Gasteiger partial charge in [-0.25, -0.2) is 4.99 Å². The molecule has 0 aromatic rings. The largest absolute Gasteiger partial charge is 0.396 e. The van der Waals surface area contributed by atoms with Crippen molar-refractivity contribution in [1.29, 1.82) is 0 Å². The minimum Gasteiger partial charge on any atom is -0.396 e. The van der Waals surface area contributed by atoms with Crippen LogP contribution in [0.5, 0.6) is 0 Å². The Hall–Kier alpha value is -1.09. The summed E-state index contributed by atoms with van der Waals surface area (Å²) in [7, 11) is 0. The molecule has 0 aliphatic carbocycles. The standard InChI is InChI=1S/C10H18N2O/c1-3-6-9(4-2)12-10(11)7-5-8-13/h3-4,6,13H,5,7-8H2,1-2H3,(H2,11,12)/b6-3-,9-4+. The van der Waals surface area contributed by atoms with Crippen molar-refractivity contribution in [1.82, 2.24) is 0 Å². The third kappa shape index (κ3) is 6.11. The molecular weight excluding hydrogens is 164 g/mol. The van der Waals surface area contributed by atoms with Crippen molar-refractivity contribution in [2.24, 2.45) is 10.7 Å². The molecule has 0 fully saturated rings. The summed E-state index contributed by atoms with van der Waals surface area (Å²) < 4.78 is 0. The van der Waals surface area contributed by atoms with Gasteiger partial charge in [0.15, 0.2) is 0 Å². The predicted octanol–water partition coefficient (Wildman–Crippen LogP) is 1.60. The molecule has 0 bridgehead atoms. The fourth-order valence-electron chi connectivity index (χ4n) is 0.851. The van der Waals surface area contributed by atoms with Crippen LogP contribution in [0.3, 0.4) is 0 Å². The van der Waals surface area contributed by atoms with Gasteiger partial charge in [-0.2, -0.15) is 0 Å². The maximum Gasteiger partial charge on any atom is 0.0997 e. The van der Waals surface area contributed by atoms with Crippen LogP contribution in [-0.4, -0.2) is 17.5 Å². The number of aliphatic imine (C=N–C) groups is 1. The molecular formula is C10H18N2O. The molecule has 0 aliphatic heterocycles. The summed E-state index contributed by atoms with van der Waals surface area (Å²) in [5, 5.41) is 8.57. The number of rotatable bonds is 5. The van der Waals surface area contributed by atoms with E-state index in [1.807, 2.05) is 32.1 Å². The molecule has 74 valence electrons. The van der Waals surface area contributed by atoms with Crippen molar-refractivity contribution in [2.45, 2.75) is 26.7 Å². The Morgan fingerprint density at radius 2 is 2.15 bits per heavy atom. The molecule has 0 spiro atoms. The van der Waals surface area contributed by atoms with Gasteiger partial charge in [-0.15, -0.1) is 0 Å². The zero-order valence-electron chi connectivity index (χ0n) is 8.33. The van der Waals surface area contributed by atoms with E-state index < -0.39 is 0 Å². The molecule has 3 N–H and O–H groups in total. The Morgan fingerprint density at radius 1 is 1.46 bits per heavy atom. The van der Waals surface area contributed by atoms with Gasteiger partial charge in [0, 0.05) is 13.0 Å². The highest BCUT2D eigenvalue weighted by molar-refractivity contribution is 5.81. The summed E-state index contributed by atoms with van der Waals surface area (Å²) >= 11 is 0. The molecule has 0 unspecified atom stereocenters. The average Bonchev–Trinajstić information content (AvgIpc) is 2.14. The minimum absolute atomic E-state index is 0.158. The summed E-state index contributed by atoms with van der Waals surface area (Å²) in [5.41, 5.74) is 6.49. The van der Waals surface area contributed by atoms with Gasteiger partial charge >= 0.3 is 0 Å². The van der Waals surface area contributed by atoms with Crippen LogP contribution in [0.25, 0.3) is 0 Å². The Bertz CT molecular complexity index is 217. The molecule has 0 aliphatic rings. The SMILES string of the molecule is C/C=C\C(=C/C)N=C(N)CCCO. The van der Waals surface area contributed by atoms with Gasteiger partial charge in [-0.05, 0) is 26.3 Å². The summed E-state index contributed by atoms with van der Waals surface area (Å²) in [6.45, 7) is 4.01. The van der Waals surface area contributed by atoms with Crippen LogP contribution in [0.4, 0.5) is 0 Å². The van der Waals surface area contributed by atoms with Crippen LogP contribution < -0.4 is 5.73 Å². The average molecular weight is 182 g/mol. The highest BCUT2D eigenvalue weighted by Crippen LogP contribution is 2.00. The normalized spacial score (nSPS) is 14.1. The van der Waals surface area contributed by atoms with Crippen LogP contribution in [0.2, 0.25) is 0 Å². The molecule has 0 aromatic heterocycles. The highest BCUT2D eigenvalue weighted by atomic mass is 16.2. The van der Waals surface area contributed by atoms with E-state index in [4.69, 9.17) is 10.8 Å². The Morgan fingerprint density at radius 3 is 2.62 bits per heavy atom. The number of aliphatic hydroxyl groups is 1. The lowest BCUT2D eigenvalue weighted by Gasteiger charge is -1.98. The third-order valence-electron chi connectivity index (χ3n) is 1.50. The summed E-state index contributed by atoms with van der Waals surface area (Å²) in [6, 6.07) is 0. The van der Waals surface area contributed by atoms with E-state index in [-0.39, 0.29) is 6.61 Å². The van der Waals surface area contributed by atoms with Gasteiger partial charge in [-0.1, -0.05) is 12.2 Å². The first-order chi connectivity index (χ1) is 6.24. The number of allylic oxidation sites excluding steroid dienone is 3. The molecule has 0 rings (SSSR count). The topological polar surface area (TPSA) is 58.6 Å². The fourth-order valence-corrected chi connectivity index (χ4v) is 0.851. The van der Waals surface area contributed by atoms with Crippen LogP contribution in [0.15, 0.2) is 28.9 Å². The lowest BCUT2D eigenvalue weighted by Crippen LogP contribution is -2.12. The van der Waals surface area contributed by atoms with Crippen LogP contribution >= 0.6 is 0 Å². The highest BCUT2D eigenvalue weighted by Gasteiger charge is 1.92. The van der Waals surface area contributed by atoms with Crippen molar-refractivity contribution in [3.63, 3.8) is 0 Å². The number of nitrogens with zero attached hydrogens (tertiary/aromatic N) is 1. The van der Waals surface area contributed by atoms with Crippen molar-refractivity contribution >= 4 is 5.84 Å². The van der Waals surface area contributed by atoms with E-state index in [1.165, 1.54) is 0 Å². The van der Waals surface area contributed by atoms with Crippen molar-refractivity contribution in [3.05, 3.63) is 23.9 Å². The molecule has 0 saturated carbocycles. The number of nitrogens with two attached hydrogens (primary N) is 1. The minimum atomic E-state index is 0.158. The second-order valence-corrected chi connectivity index (χ2v) is 2.64. The summed E-state index contributed by atoms with van der Waals surface area (Å²) in [5.74, 6) is 0.570. The maximum atomic E-state index is 8.57. The first kappa shape index (κ1) is 11.9. The van der Waals surface area contributed by atoms with Gasteiger partial charge < -0.3 is 10.8 Å². The van der Waals surface area contributed by atoms with Crippen LogP contribution in [-0.2, 0) is 0 Å². The van der Waals surface area contributed by atoms with Gasteiger partial charge in [-0.3, -0.25) is 0 Å². The number of amidine groups is 1. The predicted molar refractivity (Wildman–Crippen MR) is 56.5 cm³/mol. The van der Waals surface area contributed by atoms with Crippen molar-refractivity contribution < 1.29 is 5.11 Å². The van der Waals surface area contributed by atoms with Gasteiger partial charge in [0.1, 0.15) is 0 Å². The van der Waals surface area contributed by atoms with E-state index in [0.29, 0.717) is 18.7 Å². The third-order valence-corrected chi connectivity index (χ3v) is 1.50. The van der Waals surface area contributed by atoms with Crippen LogP contribution in [0, 0.1) is 0 Å². The van der Waals surface area contributed by atoms with Gasteiger partial charge in [0.2, 0.25) is 0 Å². The quantitative estimate of drug-likeness (QED) is 0.385. The Labute approximate surface area is 79.7 Å². The van der Waals surface area contributed by atoms with E-state index in [2.05, 4.69) is 4.99 Å². The molecule has 0 heterocycles. The maximum absolute atomic E-state index is 8.57. The second-order valence-electron chi connectivity index (χ2n) is 2.64. The molecule has 3 heteroatoms. The fraction of sp³-hybridized carbons (Fsp3) is 0.500. The monoisotopic (exact) mass is 182 g/mol. The smallest absolute Gasteiger partial charge is 0.0997 e. The number of aliphatic hydroxyl groups excluding tert-OH is 1. The first-order valence-electron chi connectivity index (χ1n) is 4.47. The molecule has 0 saturated heterocycles. The number of hydrogen-bond donors (Lipinski definition) is 2. The Kier molecular flexibility index (Phi) is 6.92. The molecule has 0 atom stereocenters. The summed E-state index contributed by atoms with van der Waals surface area (Å²) in [6.07, 6.45) is 7.02. The lowest BCUT2D eigenvalue weighted by molar-refractivity contribution is 0.291. The van der Waals surface area contributed by atoms with Crippen molar-refractivity contribution in [2.75, 3.05) is 6.61 Å². The Balaban J connectivity index is 4.17. The first-order valence-corrected chi connectivity index (χ1v) is 4.47. The number of hydrogen-bond acceptors (Lipinski definition) is 2. The molecule has 0 radical (unpaired) electrons.